The van der Waals surface area contributed by atoms with E-state index >= 15 is 0 Å². The van der Waals surface area contributed by atoms with E-state index in [4.69, 9.17) is 21.3 Å². The number of nitrogens with one attached hydrogen (secondary N) is 1. The van der Waals surface area contributed by atoms with E-state index in [1.165, 1.54) is 0 Å². The number of rotatable bonds is 4. The first-order valence-electron chi connectivity index (χ1n) is 12.1. The summed E-state index contributed by atoms with van der Waals surface area (Å²) in [6.45, 7) is 6.05. The van der Waals surface area contributed by atoms with Crippen LogP contribution in [-0.2, 0) is 13.0 Å². The molecule has 180 valence electrons. The van der Waals surface area contributed by atoms with Gasteiger partial charge in [0.25, 0.3) is 0 Å². The molecule has 0 radical (unpaired) electrons. The average Bonchev–Trinajstić information content (AvgIpc) is 3.11. The number of fused-ring (bicyclic) bond motifs is 2. The minimum absolute atomic E-state index is 0.589. The van der Waals surface area contributed by atoms with Gasteiger partial charge in [0.05, 0.1) is 17.6 Å². The molecule has 0 atom stereocenters. The number of halogens is 1. The maximum absolute atomic E-state index is 6.25. The predicted octanol–water partition coefficient (Wildman–Crippen LogP) is 6.28. The van der Waals surface area contributed by atoms with Crippen molar-refractivity contribution in [3.05, 3.63) is 100 Å². The first kappa shape index (κ1) is 22.6. The normalized spacial score (nSPS) is 13.4. The Balaban J connectivity index is 1.34. The van der Waals surface area contributed by atoms with E-state index in [0.717, 1.165) is 79.9 Å². The van der Waals surface area contributed by atoms with Crippen molar-refractivity contribution in [2.24, 2.45) is 0 Å². The molecule has 1 aliphatic heterocycles. The molecule has 0 bridgehead atoms. The van der Waals surface area contributed by atoms with E-state index in [2.05, 4.69) is 62.3 Å². The van der Waals surface area contributed by atoms with Crippen LogP contribution in [0.3, 0.4) is 0 Å². The second kappa shape index (κ2) is 9.28. The van der Waals surface area contributed by atoms with Crippen LogP contribution in [0.15, 0.2) is 67.0 Å². The van der Waals surface area contributed by atoms with E-state index in [1.807, 2.05) is 32.0 Å². The van der Waals surface area contributed by atoms with Crippen LogP contribution in [0.4, 0.5) is 5.82 Å². The lowest BCUT2D eigenvalue weighted by atomic mass is 10.0. The Labute approximate surface area is 215 Å². The first-order chi connectivity index (χ1) is 17.5. The molecular formula is C29H26ClN5O. The van der Waals surface area contributed by atoms with Gasteiger partial charge in [0.15, 0.2) is 0 Å². The molecule has 5 aromatic rings. The zero-order valence-electron chi connectivity index (χ0n) is 20.3. The molecule has 0 saturated heterocycles. The summed E-state index contributed by atoms with van der Waals surface area (Å²) < 4.78 is 6.15. The van der Waals surface area contributed by atoms with Crippen LogP contribution in [0.1, 0.15) is 28.2 Å². The molecular weight excluding hydrogens is 470 g/mol. The number of imidazole rings is 1. The highest BCUT2D eigenvalue weighted by molar-refractivity contribution is 6.30. The number of hydrogen-bond acceptors (Lipinski definition) is 5. The highest BCUT2D eigenvalue weighted by Crippen LogP contribution is 2.33. The molecule has 0 fully saturated rings. The van der Waals surface area contributed by atoms with Crippen LogP contribution in [0.5, 0.6) is 5.75 Å². The fourth-order valence-corrected chi connectivity index (χ4v) is 5.10. The number of anilines is 1. The van der Waals surface area contributed by atoms with Crippen molar-refractivity contribution in [3.8, 4) is 16.9 Å². The quantitative estimate of drug-likeness (QED) is 0.318. The zero-order valence-corrected chi connectivity index (χ0v) is 21.0. The molecule has 1 N–H and O–H groups in total. The Morgan fingerprint density at radius 2 is 1.86 bits per heavy atom. The second-order valence-electron chi connectivity index (χ2n) is 9.21. The average molecular weight is 496 g/mol. The van der Waals surface area contributed by atoms with Gasteiger partial charge in [-0.25, -0.2) is 15.0 Å². The van der Waals surface area contributed by atoms with Crippen LogP contribution in [0.2, 0.25) is 5.02 Å². The maximum atomic E-state index is 6.25. The number of hydrogen-bond donors (Lipinski definition) is 1. The van der Waals surface area contributed by atoms with Crippen LogP contribution in [0.25, 0.3) is 22.2 Å². The molecule has 7 heteroatoms. The Morgan fingerprint density at radius 3 is 2.75 bits per heavy atom. The second-order valence-corrected chi connectivity index (χ2v) is 9.65. The smallest absolute Gasteiger partial charge is 0.136 e. The molecule has 0 spiro atoms. The number of aromatic nitrogens is 4. The molecule has 0 saturated carbocycles. The third kappa shape index (κ3) is 4.40. The van der Waals surface area contributed by atoms with E-state index in [1.54, 1.807) is 6.33 Å². The van der Waals surface area contributed by atoms with Gasteiger partial charge >= 0.3 is 0 Å². The lowest BCUT2D eigenvalue weighted by molar-refractivity contribution is 0.331. The van der Waals surface area contributed by atoms with Crippen molar-refractivity contribution in [2.75, 3.05) is 18.1 Å². The lowest BCUT2D eigenvalue weighted by Crippen LogP contribution is -2.28. The highest BCUT2D eigenvalue weighted by atomic mass is 35.5. The predicted molar refractivity (Wildman–Crippen MR) is 144 cm³/mol. The van der Waals surface area contributed by atoms with Crippen molar-refractivity contribution in [1.29, 1.82) is 0 Å². The van der Waals surface area contributed by atoms with Gasteiger partial charge in [-0.05, 0) is 66.9 Å². The van der Waals surface area contributed by atoms with Crippen LogP contribution < -0.4 is 9.64 Å². The summed E-state index contributed by atoms with van der Waals surface area (Å²) in [5.41, 5.74) is 8.67. The van der Waals surface area contributed by atoms with Gasteiger partial charge in [0.1, 0.15) is 30.3 Å². The summed E-state index contributed by atoms with van der Waals surface area (Å²) in [5.74, 6) is 2.78. The van der Waals surface area contributed by atoms with Gasteiger partial charge in [0, 0.05) is 34.8 Å². The molecule has 0 unspecified atom stereocenters. The first-order valence-corrected chi connectivity index (χ1v) is 12.4. The highest BCUT2D eigenvalue weighted by Gasteiger charge is 2.21. The largest absolute Gasteiger partial charge is 0.491 e. The maximum Gasteiger partial charge on any atom is 0.136 e. The fourth-order valence-electron chi connectivity index (χ4n) is 4.89. The molecule has 6 rings (SSSR count). The molecule has 6 nitrogen and oxygen atoms in total. The van der Waals surface area contributed by atoms with E-state index < -0.39 is 0 Å². The number of nitrogens with zero attached hydrogens (tertiary/aromatic N) is 4. The SMILES string of the molecule is Cc1nc2ccc(-c3ccc4c(c3)CN(c3ncnc(C)c3Cc3cccc(Cl)c3)CCO4)cc2[nH]1. The number of aryl methyl sites for hydroxylation is 2. The Hall–Kier alpha value is -3.90. The monoisotopic (exact) mass is 495 g/mol. The van der Waals surface area contributed by atoms with Gasteiger partial charge < -0.3 is 14.6 Å². The topological polar surface area (TPSA) is 66.9 Å². The van der Waals surface area contributed by atoms with Gasteiger partial charge in [-0.2, -0.15) is 0 Å². The van der Waals surface area contributed by atoms with Crippen molar-refractivity contribution < 1.29 is 4.74 Å². The van der Waals surface area contributed by atoms with Crippen molar-refractivity contribution in [2.45, 2.75) is 26.8 Å². The minimum atomic E-state index is 0.589. The third-order valence-electron chi connectivity index (χ3n) is 6.68. The van der Waals surface area contributed by atoms with E-state index in [0.29, 0.717) is 13.2 Å². The van der Waals surface area contributed by atoms with Gasteiger partial charge in [-0.15, -0.1) is 0 Å². The van der Waals surface area contributed by atoms with Crippen molar-refractivity contribution in [1.82, 2.24) is 19.9 Å². The molecule has 0 amide bonds. The number of ether oxygens (including phenoxy) is 1. The van der Waals surface area contributed by atoms with Gasteiger partial charge in [-0.1, -0.05) is 35.9 Å². The Morgan fingerprint density at radius 1 is 1.00 bits per heavy atom. The molecule has 3 aromatic carbocycles. The van der Waals surface area contributed by atoms with Crippen LogP contribution >= 0.6 is 11.6 Å². The molecule has 2 aromatic heterocycles. The molecule has 1 aliphatic rings. The van der Waals surface area contributed by atoms with Crippen LogP contribution in [-0.4, -0.2) is 33.1 Å². The summed E-state index contributed by atoms with van der Waals surface area (Å²) >= 11 is 6.25. The number of benzene rings is 3. The van der Waals surface area contributed by atoms with Crippen LogP contribution in [0, 0.1) is 13.8 Å². The minimum Gasteiger partial charge on any atom is -0.491 e. The number of H-pyrrole nitrogens is 1. The fraction of sp³-hybridized carbons (Fsp3) is 0.207. The molecule has 36 heavy (non-hydrogen) atoms. The molecule has 3 heterocycles. The Kier molecular flexibility index (Phi) is 5.82. The Bertz CT molecular complexity index is 1580. The summed E-state index contributed by atoms with van der Waals surface area (Å²) in [7, 11) is 0. The van der Waals surface area contributed by atoms with Crippen molar-refractivity contribution >= 4 is 28.5 Å². The van der Waals surface area contributed by atoms with Crippen molar-refractivity contribution in [3.63, 3.8) is 0 Å². The van der Waals surface area contributed by atoms with Gasteiger partial charge in [-0.3, -0.25) is 0 Å². The zero-order chi connectivity index (χ0) is 24.6. The summed E-state index contributed by atoms with van der Waals surface area (Å²) in [6, 6.07) is 20.7. The summed E-state index contributed by atoms with van der Waals surface area (Å²) in [4.78, 5) is 19.4. The lowest BCUT2D eigenvalue weighted by Gasteiger charge is -2.24. The summed E-state index contributed by atoms with van der Waals surface area (Å²) in [5, 5.41) is 0.733. The van der Waals surface area contributed by atoms with E-state index in [-0.39, 0.29) is 0 Å². The third-order valence-corrected chi connectivity index (χ3v) is 6.92. The molecule has 0 aliphatic carbocycles. The van der Waals surface area contributed by atoms with Gasteiger partial charge in [0.2, 0.25) is 0 Å². The number of aromatic amines is 1. The standard InChI is InChI=1S/C29H26ClN5O/c1-18-25(13-20-4-3-5-24(30)12-20)29(32-17-31-18)35-10-11-36-28-9-7-21(14-23(28)16-35)22-6-8-26-27(15-22)34-19(2)33-26/h3-9,12,14-15,17H,10-11,13,16H2,1-2H3,(H,33,34). The summed E-state index contributed by atoms with van der Waals surface area (Å²) in [6.07, 6.45) is 2.37. The van der Waals surface area contributed by atoms with E-state index in [9.17, 15) is 0 Å².